The summed E-state index contributed by atoms with van der Waals surface area (Å²) < 4.78 is 12.6. The van der Waals surface area contributed by atoms with Crippen LogP contribution < -0.4 is 4.74 Å². The molecule has 132 valence electrons. The Morgan fingerprint density at radius 3 is 2.33 bits per heavy atom. The SMILES string of the molecule is CCC(C)c1ccc(OC(OC(C)C)C2(C)CC3C=CC2C3)cc1. The van der Waals surface area contributed by atoms with Crippen LogP contribution in [0.1, 0.15) is 65.4 Å². The fourth-order valence-electron chi connectivity index (χ4n) is 4.20. The molecule has 5 unspecified atom stereocenters. The second kappa shape index (κ2) is 6.92. The van der Waals surface area contributed by atoms with Crippen LogP contribution in [0.2, 0.25) is 0 Å². The molecule has 0 heterocycles. The molecule has 2 aliphatic carbocycles. The Morgan fingerprint density at radius 2 is 1.83 bits per heavy atom. The van der Waals surface area contributed by atoms with E-state index in [1.807, 2.05) is 0 Å². The molecule has 1 aromatic carbocycles. The van der Waals surface area contributed by atoms with Crippen LogP contribution >= 0.6 is 0 Å². The Kier molecular flexibility index (Phi) is 5.05. The first-order chi connectivity index (χ1) is 11.4. The van der Waals surface area contributed by atoms with E-state index in [2.05, 4.69) is 71.0 Å². The number of hydrogen-bond acceptors (Lipinski definition) is 2. The number of rotatable bonds is 7. The van der Waals surface area contributed by atoms with Crippen LogP contribution in [-0.2, 0) is 4.74 Å². The summed E-state index contributed by atoms with van der Waals surface area (Å²) in [4.78, 5) is 0. The second-order valence-electron chi connectivity index (χ2n) is 8.21. The van der Waals surface area contributed by atoms with Gasteiger partial charge in [0.1, 0.15) is 5.75 Å². The number of benzene rings is 1. The Hall–Kier alpha value is -1.28. The van der Waals surface area contributed by atoms with E-state index in [0.29, 0.717) is 17.8 Å². The molecule has 5 atom stereocenters. The van der Waals surface area contributed by atoms with Gasteiger partial charge >= 0.3 is 0 Å². The van der Waals surface area contributed by atoms with Gasteiger partial charge in [-0.3, -0.25) is 0 Å². The van der Waals surface area contributed by atoms with Gasteiger partial charge in [0.15, 0.2) is 0 Å². The molecular weight excluding hydrogens is 296 g/mol. The Labute approximate surface area is 147 Å². The zero-order valence-electron chi connectivity index (χ0n) is 15.8. The molecule has 2 bridgehead atoms. The van der Waals surface area contributed by atoms with E-state index < -0.39 is 0 Å². The van der Waals surface area contributed by atoms with Gasteiger partial charge in [-0.05, 0) is 68.6 Å². The lowest BCUT2D eigenvalue weighted by atomic mass is 9.77. The van der Waals surface area contributed by atoms with Crippen molar-refractivity contribution in [3.05, 3.63) is 42.0 Å². The maximum atomic E-state index is 6.38. The van der Waals surface area contributed by atoms with Crippen LogP contribution in [0.25, 0.3) is 0 Å². The Bertz CT molecular complexity index is 574. The molecule has 2 aliphatic rings. The van der Waals surface area contributed by atoms with E-state index >= 15 is 0 Å². The van der Waals surface area contributed by atoms with Gasteiger partial charge in [0.05, 0.1) is 6.10 Å². The summed E-state index contributed by atoms with van der Waals surface area (Å²) in [5.74, 6) is 2.79. The van der Waals surface area contributed by atoms with Gasteiger partial charge in [0, 0.05) is 5.41 Å². The lowest BCUT2D eigenvalue weighted by molar-refractivity contribution is -0.180. The van der Waals surface area contributed by atoms with Gasteiger partial charge in [0.2, 0.25) is 6.29 Å². The molecule has 1 fully saturated rings. The third kappa shape index (κ3) is 3.39. The van der Waals surface area contributed by atoms with E-state index in [0.717, 1.165) is 18.6 Å². The third-order valence-corrected chi connectivity index (χ3v) is 5.96. The van der Waals surface area contributed by atoms with E-state index in [9.17, 15) is 0 Å². The monoisotopic (exact) mass is 328 g/mol. The van der Waals surface area contributed by atoms with Crippen LogP contribution in [0.4, 0.5) is 0 Å². The van der Waals surface area contributed by atoms with Crippen molar-refractivity contribution in [2.45, 2.75) is 72.2 Å². The fourth-order valence-corrected chi connectivity index (χ4v) is 4.20. The normalized spacial score (nSPS) is 30.8. The molecule has 24 heavy (non-hydrogen) atoms. The quantitative estimate of drug-likeness (QED) is 0.456. The zero-order valence-corrected chi connectivity index (χ0v) is 15.8. The first-order valence-corrected chi connectivity index (χ1v) is 9.52. The first-order valence-electron chi connectivity index (χ1n) is 9.52. The predicted molar refractivity (Wildman–Crippen MR) is 99.2 cm³/mol. The standard InChI is InChI=1S/C22H32O2/c1-6-16(4)18-8-11-20(12-9-18)24-21(23-15(2)3)22(5)14-17-7-10-19(22)13-17/h7-12,15-17,19,21H,6,13-14H2,1-5H3. The van der Waals surface area contributed by atoms with Gasteiger partial charge in [0.25, 0.3) is 0 Å². The Balaban J connectivity index is 1.76. The molecule has 1 aromatic rings. The Morgan fingerprint density at radius 1 is 1.12 bits per heavy atom. The summed E-state index contributed by atoms with van der Waals surface area (Å²) in [5.41, 5.74) is 1.44. The van der Waals surface area contributed by atoms with Crippen LogP contribution in [0, 0.1) is 17.3 Å². The average Bonchev–Trinajstić information content (AvgIpc) is 3.14. The molecule has 0 spiro atoms. The number of allylic oxidation sites excluding steroid dienone is 2. The fraction of sp³-hybridized carbons (Fsp3) is 0.636. The first kappa shape index (κ1) is 17.5. The smallest absolute Gasteiger partial charge is 0.206 e. The minimum atomic E-state index is -0.188. The summed E-state index contributed by atoms with van der Waals surface area (Å²) >= 11 is 0. The van der Waals surface area contributed by atoms with E-state index in [1.165, 1.54) is 12.0 Å². The van der Waals surface area contributed by atoms with E-state index in [-0.39, 0.29) is 17.8 Å². The summed E-state index contributed by atoms with van der Waals surface area (Å²) in [6, 6.07) is 8.59. The van der Waals surface area contributed by atoms with Crippen LogP contribution in [0.15, 0.2) is 36.4 Å². The molecule has 2 heteroatoms. The van der Waals surface area contributed by atoms with Crippen molar-refractivity contribution in [1.29, 1.82) is 0 Å². The molecule has 0 N–H and O–H groups in total. The lowest BCUT2D eigenvalue weighted by Crippen LogP contribution is -2.43. The molecule has 0 saturated heterocycles. The van der Waals surface area contributed by atoms with Gasteiger partial charge in [-0.2, -0.15) is 0 Å². The van der Waals surface area contributed by atoms with Crippen molar-refractivity contribution in [3.8, 4) is 5.75 Å². The van der Waals surface area contributed by atoms with Gasteiger partial charge in [-0.25, -0.2) is 0 Å². The lowest BCUT2D eigenvalue weighted by Gasteiger charge is -2.39. The van der Waals surface area contributed by atoms with Crippen LogP contribution in [0.3, 0.4) is 0 Å². The molecule has 1 saturated carbocycles. The maximum Gasteiger partial charge on any atom is 0.206 e. The van der Waals surface area contributed by atoms with Crippen molar-refractivity contribution in [3.63, 3.8) is 0 Å². The van der Waals surface area contributed by atoms with Crippen molar-refractivity contribution in [1.82, 2.24) is 0 Å². The summed E-state index contributed by atoms with van der Waals surface area (Å²) in [7, 11) is 0. The summed E-state index contributed by atoms with van der Waals surface area (Å²) in [6.45, 7) is 11.0. The minimum absolute atomic E-state index is 0.0685. The molecule has 0 aromatic heterocycles. The predicted octanol–water partition coefficient (Wildman–Crippen LogP) is 5.93. The largest absolute Gasteiger partial charge is 0.464 e. The highest BCUT2D eigenvalue weighted by molar-refractivity contribution is 5.29. The van der Waals surface area contributed by atoms with Crippen LogP contribution in [0.5, 0.6) is 5.75 Å². The molecule has 3 rings (SSSR count). The molecule has 2 nitrogen and oxygen atoms in total. The summed E-state index contributed by atoms with van der Waals surface area (Å²) in [5, 5.41) is 0. The number of hydrogen-bond donors (Lipinski definition) is 0. The van der Waals surface area contributed by atoms with Crippen LogP contribution in [-0.4, -0.2) is 12.4 Å². The highest BCUT2D eigenvalue weighted by atomic mass is 16.7. The highest BCUT2D eigenvalue weighted by Gasteiger charge is 2.51. The molecular formula is C22H32O2. The van der Waals surface area contributed by atoms with Crippen molar-refractivity contribution in [2.75, 3.05) is 0 Å². The summed E-state index contributed by atoms with van der Waals surface area (Å²) in [6.07, 6.45) is 8.30. The molecule has 0 amide bonds. The average molecular weight is 328 g/mol. The van der Waals surface area contributed by atoms with Crippen molar-refractivity contribution >= 4 is 0 Å². The molecule has 0 radical (unpaired) electrons. The number of ether oxygens (including phenoxy) is 2. The topological polar surface area (TPSA) is 18.5 Å². The zero-order chi connectivity index (χ0) is 17.3. The highest BCUT2D eigenvalue weighted by Crippen LogP contribution is 2.54. The van der Waals surface area contributed by atoms with Gasteiger partial charge < -0.3 is 9.47 Å². The third-order valence-electron chi connectivity index (χ3n) is 5.96. The molecule has 0 aliphatic heterocycles. The van der Waals surface area contributed by atoms with E-state index in [4.69, 9.17) is 9.47 Å². The van der Waals surface area contributed by atoms with E-state index in [1.54, 1.807) is 0 Å². The van der Waals surface area contributed by atoms with Crippen molar-refractivity contribution in [2.24, 2.45) is 17.3 Å². The van der Waals surface area contributed by atoms with Gasteiger partial charge in [-0.1, -0.05) is 45.1 Å². The maximum absolute atomic E-state index is 6.38. The number of fused-ring (bicyclic) bond motifs is 2. The minimum Gasteiger partial charge on any atom is -0.464 e. The second-order valence-corrected chi connectivity index (χ2v) is 8.21. The van der Waals surface area contributed by atoms with Gasteiger partial charge in [-0.15, -0.1) is 0 Å². The van der Waals surface area contributed by atoms with Crippen molar-refractivity contribution < 1.29 is 9.47 Å².